The summed E-state index contributed by atoms with van der Waals surface area (Å²) in [7, 11) is 0. The van der Waals surface area contributed by atoms with E-state index < -0.39 is 0 Å². The SMILES string of the molecule is CC(N)C1CCCN(C(=O)COc2cccc(NC(=O)C3CC3)c2)C1.Cl. The van der Waals surface area contributed by atoms with Crippen LogP contribution in [0.1, 0.15) is 32.6 Å². The maximum atomic E-state index is 12.4. The summed E-state index contributed by atoms with van der Waals surface area (Å²) in [6.07, 6.45) is 4.00. The Balaban J connectivity index is 0.00000243. The first kappa shape index (κ1) is 20.5. The summed E-state index contributed by atoms with van der Waals surface area (Å²) in [5.41, 5.74) is 6.68. The van der Waals surface area contributed by atoms with Crippen molar-refractivity contribution in [3.8, 4) is 5.75 Å². The molecule has 1 aliphatic carbocycles. The van der Waals surface area contributed by atoms with E-state index in [2.05, 4.69) is 5.32 Å². The van der Waals surface area contributed by atoms with Crippen LogP contribution in [0.4, 0.5) is 5.69 Å². The molecule has 0 spiro atoms. The molecule has 144 valence electrons. The largest absolute Gasteiger partial charge is 0.484 e. The summed E-state index contributed by atoms with van der Waals surface area (Å²) in [6, 6.07) is 7.29. The first-order valence-corrected chi connectivity index (χ1v) is 9.10. The Labute approximate surface area is 160 Å². The lowest BCUT2D eigenvalue weighted by molar-refractivity contribution is -0.135. The fourth-order valence-electron chi connectivity index (χ4n) is 3.16. The Kier molecular flexibility index (Phi) is 7.29. The van der Waals surface area contributed by atoms with Crippen molar-refractivity contribution < 1.29 is 14.3 Å². The molecule has 1 aliphatic heterocycles. The highest BCUT2D eigenvalue weighted by atomic mass is 35.5. The zero-order chi connectivity index (χ0) is 17.8. The Morgan fingerprint density at radius 2 is 2.12 bits per heavy atom. The molecule has 0 radical (unpaired) electrons. The number of amides is 2. The van der Waals surface area contributed by atoms with Gasteiger partial charge in [0, 0.05) is 36.8 Å². The third kappa shape index (κ3) is 5.61. The van der Waals surface area contributed by atoms with Crippen molar-refractivity contribution in [2.45, 2.75) is 38.6 Å². The molecule has 26 heavy (non-hydrogen) atoms. The first-order valence-electron chi connectivity index (χ1n) is 9.10. The van der Waals surface area contributed by atoms with Crippen LogP contribution in [0.3, 0.4) is 0 Å². The van der Waals surface area contributed by atoms with Gasteiger partial charge in [-0.25, -0.2) is 0 Å². The van der Waals surface area contributed by atoms with Crippen LogP contribution in [-0.4, -0.2) is 42.5 Å². The highest BCUT2D eigenvalue weighted by Gasteiger charge is 2.29. The molecule has 1 saturated heterocycles. The maximum absolute atomic E-state index is 12.4. The molecule has 1 aromatic carbocycles. The topological polar surface area (TPSA) is 84.7 Å². The molecular formula is C19H28ClN3O3. The highest BCUT2D eigenvalue weighted by Crippen LogP contribution is 2.30. The van der Waals surface area contributed by atoms with Crippen LogP contribution in [0, 0.1) is 11.8 Å². The Bertz CT molecular complexity index is 634. The minimum absolute atomic E-state index is 0. The van der Waals surface area contributed by atoms with Crippen LogP contribution in [0.2, 0.25) is 0 Å². The number of carbonyl (C=O) groups is 2. The van der Waals surface area contributed by atoms with Crippen LogP contribution in [0.15, 0.2) is 24.3 Å². The number of piperidine rings is 1. The van der Waals surface area contributed by atoms with Gasteiger partial charge in [0.25, 0.3) is 5.91 Å². The van der Waals surface area contributed by atoms with Gasteiger partial charge in [0.2, 0.25) is 5.91 Å². The maximum Gasteiger partial charge on any atom is 0.260 e. The molecule has 2 aliphatic rings. The lowest BCUT2D eigenvalue weighted by Gasteiger charge is -2.34. The van der Waals surface area contributed by atoms with Gasteiger partial charge in [-0.05, 0) is 50.7 Å². The van der Waals surface area contributed by atoms with Gasteiger partial charge in [-0.1, -0.05) is 6.07 Å². The molecule has 3 N–H and O–H groups in total. The van der Waals surface area contributed by atoms with Crippen molar-refractivity contribution in [3.63, 3.8) is 0 Å². The molecule has 2 amide bonds. The van der Waals surface area contributed by atoms with Gasteiger partial charge in [-0.2, -0.15) is 0 Å². The lowest BCUT2D eigenvalue weighted by atomic mass is 9.92. The number of benzene rings is 1. The van der Waals surface area contributed by atoms with E-state index in [1.54, 1.807) is 12.1 Å². The van der Waals surface area contributed by atoms with E-state index in [1.165, 1.54) is 0 Å². The number of rotatable bonds is 6. The summed E-state index contributed by atoms with van der Waals surface area (Å²) >= 11 is 0. The minimum atomic E-state index is -0.0160. The third-order valence-electron chi connectivity index (χ3n) is 4.97. The van der Waals surface area contributed by atoms with Crippen LogP contribution >= 0.6 is 12.4 Å². The van der Waals surface area contributed by atoms with Crippen molar-refractivity contribution in [3.05, 3.63) is 24.3 Å². The quantitative estimate of drug-likeness (QED) is 0.792. The number of halogens is 1. The second kappa shape index (κ2) is 9.24. The van der Waals surface area contributed by atoms with Gasteiger partial charge in [-0.3, -0.25) is 9.59 Å². The summed E-state index contributed by atoms with van der Waals surface area (Å²) in [5, 5.41) is 2.89. The second-order valence-electron chi connectivity index (χ2n) is 7.18. The molecule has 0 aromatic heterocycles. The van der Waals surface area contributed by atoms with Gasteiger partial charge in [-0.15, -0.1) is 12.4 Å². The zero-order valence-electron chi connectivity index (χ0n) is 15.1. The average Bonchev–Trinajstić information content (AvgIpc) is 3.45. The van der Waals surface area contributed by atoms with Crippen LogP contribution in [0.25, 0.3) is 0 Å². The van der Waals surface area contributed by atoms with E-state index in [0.717, 1.165) is 32.2 Å². The summed E-state index contributed by atoms with van der Waals surface area (Å²) in [6.45, 7) is 3.47. The van der Waals surface area contributed by atoms with E-state index in [4.69, 9.17) is 10.5 Å². The van der Waals surface area contributed by atoms with Gasteiger partial charge in [0.1, 0.15) is 5.75 Å². The molecule has 3 rings (SSSR count). The summed E-state index contributed by atoms with van der Waals surface area (Å²) in [5.74, 6) is 1.14. The van der Waals surface area contributed by atoms with Crippen LogP contribution in [-0.2, 0) is 9.59 Å². The fraction of sp³-hybridized carbons (Fsp3) is 0.579. The Morgan fingerprint density at radius 3 is 2.81 bits per heavy atom. The lowest BCUT2D eigenvalue weighted by Crippen LogP contribution is -2.46. The van der Waals surface area contributed by atoms with E-state index in [-0.39, 0.29) is 42.8 Å². The van der Waals surface area contributed by atoms with E-state index in [1.807, 2.05) is 24.0 Å². The molecule has 0 bridgehead atoms. The van der Waals surface area contributed by atoms with Gasteiger partial charge < -0.3 is 20.7 Å². The second-order valence-corrected chi connectivity index (χ2v) is 7.18. The minimum Gasteiger partial charge on any atom is -0.484 e. The smallest absolute Gasteiger partial charge is 0.260 e. The Hall–Kier alpha value is -1.79. The van der Waals surface area contributed by atoms with Crippen LogP contribution < -0.4 is 15.8 Å². The molecular weight excluding hydrogens is 354 g/mol. The van der Waals surface area contributed by atoms with Gasteiger partial charge in [0.05, 0.1) is 0 Å². The molecule has 1 saturated carbocycles. The van der Waals surface area contributed by atoms with Crippen molar-refractivity contribution >= 4 is 29.9 Å². The fourth-order valence-corrected chi connectivity index (χ4v) is 3.16. The molecule has 2 atom stereocenters. The number of nitrogens with one attached hydrogen (secondary N) is 1. The molecule has 7 heteroatoms. The standard InChI is InChI=1S/C19H27N3O3.ClH/c1-13(20)15-4-3-9-22(11-15)18(23)12-25-17-6-2-5-16(10-17)21-19(24)14-7-8-14;/h2,5-6,10,13-15H,3-4,7-9,11-12,20H2,1H3,(H,21,24);1H. The number of hydrogen-bond donors (Lipinski definition) is 2. The number of anilines is 1. The first-order chi connectivity index (χ1) is 12.0. The van der Waals surface area contributed by atoms with Gasteiger partial charge >= 0.3 is 0 Å². The molecule has 1 heterocycles. The average molecular weight is 382 g/mol. The number of ether oxygens (including phenoxy) is 1. The predicted octanol–water partition coefficient (Wildman–Crippen LogP) is 2.42. The third-order valence-corrected chi connectivity index (χ3v) is 4.97. The van der Waals surface area contributed by atoms with Crippen LogP contribution in [0.5, 0.6) is 5.75 Å². The van der Waals surface area contributed by atoms with E-state index in [9.17, 15) is 9.59 Å². The normalized spacial score (nSPS) is 20.7. The zero-order valence-corrected chi connectivity index (χ0v) is 16.0. The Morgan fingerprint density at radius 1 is 1.35 bits per heavy atom. The molecule has 6 nitrogen and oxygen atoms in total. The van der Waals surface area contributed by atoms with Crippen molar-refractivity contribution in [2.24, 2.45) is 17.6 Å². The van der Waals surface area contributed by atoms with Crippen molar-refractivity contribution in [1.29, 1.82) is 0 Å². The molecule has 2 unspecified atom stereocenters. The molecule has 1 aromatic rings. The number of carbonyl (C=O) groups excluding carboxylic acids is 2. The number of nitrogens with two attached hydrogens (primary N) is 1. The highest BCUT2D eigenvalue weighted by molar-refractivity contribution is 5.94. The predicted molar refractivity (Wildman–Crippen MR) is 103 cm³/mol. The number of hydrogen-bond acceptors (Lipinski definition) is 4. The molecule has 2 fully saturated rings. The summed E-state index contributed by atoms with van der Waals surface area (Å²) < 4.78 is 5.64. The number of likely N-dealkylation sites (tertiary alicyclic amines) is 1. The number of nitrogens with zero attached hydrogens (tertiary/aromatic N) is 1. The van der Waals surface area contributed by atoms with Gasteiger partial charge in [0.15, 0.2) is 6.61 Å². The van der Waals surface area contributed by atoms with Crippen molar-refractivity contribution in [2.75, 3.05) is 25.0 Å². The summed E-state index contributed by atoms with van der Waals surface area (Å²) in [4.78, 5) is 26.1. The monoisotopic (exact) mass is 381 g/mol. The van der Waals surface area contributed by atoms with E-state index >= 15 is 0 Å². The van der Waals surface area contributed by atoms with E-state index in [0.29, 0.717) is 23.9 Å². The van der Waals surface area contributed by atoms with Crippen molar-refractivity contribution in [1.82, 2.24) is 4.90 Å².